The van der Waals surface area contributed by atoms with Crippen molar-refractivity contribution >= 4 is 5.97 Å². The van der Waals surface area contributed by atoms with Crippen LogP contribution in [0.15, 0.2) is 24.3 Å². The van der Waals surface area contributed by atoms with Crippen LogP contribution in [0.3, 0.4) is 0 Å². The molecule has 14 heavy (non-hydrogen) atoms. The maximum absolute atomic E-state index is 11.4. The van der Waals surface area contributed by atoms with Crippen molar-refractivity contribution in [1.82, 2.24) is 0 Å². The molecule has 0 heterocycles. The second-order valence-electron chi connectivity index (χ2n) is 2.62. The number of esters is 1. The van der Waals surface area contributed by atoms with E-state index in [2.05, 4.69) is 0 Å². The number of benzene rings is 1. The molecule has 4 heteroatoms. The summed E-state index contributed by atoms with van der Waals surface area (Å²) in [4.78, 5) is 11.4. The summed E-state index contributed by atoms with van der Waals surface area (Å²) in [7, 11) is 1.51. The van der Waals surface area contributed by atoms with Gasteiger partial charge in [-0.2, -0.15) is 0 Å². The maximum atomic E-state index is 11.4. The predicted octanol–water partition coefficient (Wildman–Crippen LogP) is 0.811. The zero-order chi connectivity index (χ0) is 10.4. The van der Waals surface area contributed by atoms with Crippen molar-refractivity contribution in [2.75, 3.05) is 20.3 Å². The summed E-state index contributed by atoms with van der Waals surface area (Å²) in [5.74, 6) is 0.0995. The topological polar surface area (TPSA) is 61.5 Å². The van der Waals surface area contributed by atoms with Crippen LogP contribution in [0.4, 0.5) is 0 Å². The Hall–Kier alpha value is -1.55. The maximum Gasteiger partial charge on any atom is 0.341 e. The Morgan fingerprint density at radius 2 is 2.14 bits per heavy atom. The Bertz CT molecular complexity index is 312. The van der Waals surface area contributed by atoms with Gasteiger partial charge >= 0.3 is 5.97 Å². The molecule has 0 saturated carbocycles. The van der Waals surface area contributed by atoms with Crippen LogP contribution in [-0.4, -0.2) is 26.2 Å². The van der Waals surface area contributed by atoms with Gasteiger partial charge in [0.2, 0.25) is 0 Å². The average Bonchev–Trinajstić information content (AvgIpc) is 2.25. The first-order valence-corrected chi connectivity index (χ1v) is 4.29. The van der Waals surface area contributed by atoms with Gasteiger partial charge in [-0.15, -0.1) is 0 Å². The first-order valence-electron chi connectivity index (χ1n) is 4.29. The Balaban J connectivity index is 2.78. The number of nitrogens with two attached hydrogens (primary N) is 1. The van der Waals surface area contributed by atoms with Gasteiger partial charge in [-0.05, 0) is 12.1 Å². The molecule has 0 aliphatic carbocycles. The first kappa shape index (κ1) is 10.5. The van der Waals surface area contributed by atoms with E-state index >= 15 is 0 Å². The summed E-state index contributed by atoms with van der Waals surface area (Å²) < 4.78 is 9.89. The van der Waals surface area contributed by atoms with Gasteiger partial charge in [-0.25, -0.2) is 4.79 Å². The average molecular weight is 195 g/mol. The Morgan fingerprint density at radius 3 is 2.79 bits per heavy atom. The van der Waals surface area contributed by atoms with Crippen molar-refractivity contribution in [3.63, 3.8) is 0 Å². The van der Waals surface area contributed by atoms with Crippen molar-refractivity contribution in [2.45, 2.75) is 0 Å². The van der Waals surface area contributed by atoms with Crippen molar-refractivity contribution in [3.8, 4) is 5.75 Å². The SMILES string of the molecule is COc1ccccc1C(=O)OCCN. The predicted molar refractivity (Wildman–Crippen MR) is 52.3 cm³/mol. The molecule has 0 spiro atoms. The van der Waals surface area contributed by atoms with Crippen LogP contribution < -0.4 is 10.5 Å². The molecule has 76 valence electrons. The normalized spacial score (nSPS) is 9.57. The van der Waals surface area contributed by atoms with Crippen LogP contribution >= 0.6 is 0 Å². The number of para-hydroxylation sites is 1. The van der Waals surface area contributed by atoms with E-state index in [9.17, 15) is 4.79 Å². The minimum absolute atomic E-state index is 0.219. The zero-order valence-electron chi connectivity index (χ0n) is 8.03. The molecule has 0 aromatic heterocycles. The number of methoxy groups -OCH3 is 1. The first-order chi connectivity index (χ1) is 6.79. The van der Waals surface area contributed by atoms with Gasteiger partial charge in [0.25, 0.3) is 0 Å². The third-order valence-corrected chi connectivity index (χ3v) is 1.68. The van der Waals surface area contributed by atoms with E-state index < -0.39 is 5.97 Å². The largest absolute Gasteiger partial charge is 0.496 e. The van der Waals surface area contributed by atoms with Gasteiger partial charge in [0.15, 0.2) is 0 Å². The van der Waals surface area contributed by atoms with Crippen LogP contribution in [0.25, 0.3) is 0 Å². The Labute approximate surface area is 82.6 Å². The Morgan fingerprint density at radius 1 is 1.43 bits per heavy atom. The molecular formula is C10H13NO3. The fourth-order valence-corrected chi connectivity index (χ4v) is 1.04. The smallest absolute Gasteiger partial charge is 0.341 e. The minimum atomic E-state index is -0.409. The summed E-state index contributed by atoms with van der Waals surface area (Å²) >= 11 is 0. The van der Waals surface area contributed by atoms with Crippen molar-refractivity contribution in [3.05, 3.63) is 29.8 Å². The highest BCUT2D eigenvalue weighted by Crippen LogP contribution is 2.17. The van der Waals surface area contributed by atoms with E-state index in [1.165, 1.54) is 7.11 Å². The number of carbonyl (C=O) groups is 1. The minimum Gasteiger partial charge on any atom is -0.496 e. The molecule has 0 aliphatic rings. The molecule has 2 N–H and O–H groups in total. The van der Waals surface area contributed by atoms with Crippen molar-refractivity contribution < 1.29 is 14.3 Å². The van der Waals surface area contributed by atoms with Crippen molar-refractivity contribution in [1.29, 1.82) is 0 Å². The molecule has 0 fully saturated rings. The highest BCUT2D eigenvalue weighted by Gasteiger charge is 2.11. The molecule has 0 unspecified atom stereocenters. The standard InChI is InChI=1S/C10H13NO3/c1-13-9-5-3-2-4-8(9)10(12)14-7-6-11/h2-5H,6-7,11H2,1H3. The molecule has 0 amide bonds. The van der Waals surface area contributed by atoms with Gasteiger partial charge in [0.05, 0.1) is 7.11 Å². The van der Waals surface area contributed by atoms with Gasteiger partial charge < -0.3 is 15.2 Å². The molecule has 0 atom stereocenters. The van der Waals surface area contributed by atoms with Crippen LogP contribution in [0.2, 0.25) is 0 Å². The lowest BCUT2D eigenvalue weighted by Crippen LogP contribution is -2.14. The highest BCUT2D eigenvalue weighted by molar-refractivity contribution is 5.92. The molecule has 1 rings (SSSR count). The van der Waals surface area contributed by atoms with E-state index in [0.717, 1.165) is 0 Å². The lowest BCUT2D eigenvalue weighted by atomic mass is 10.2. The molecule has 0 radical (unpaired) electrons. The van der Waals surface area contributed by atoms with E-state index in [1.807, 2.05) is 0 Å². The van der Waals surface area contributed by atoms with E-state index in [0.29, 0.717) is 17.9 Å². The summed E-state index contributed by atoms with van der Waals surface area (Å²) in [5.41, 5.74) is 5.64. The van der Waals surface area contributed by atoms with Crippen LogP contribution in [0.5, 0.6) is 5.75 Å². The second kappa shape index (κ2) is 5.24. The molecule has 0 aliphatic heterocycles. The van der Waals surface area contributed by atoms with E-state index in [4.69, 9.17) is 15.2 Å². The monoisotopic (exact) mass is 195 g/mol. The van der Waals surface area contributed by atoms with Crippen molar-refractivity contribution in [2.24, 2.45) is 5.73 Å². The lowest BCUT2D eigenvalue weighted by molar-refractivity contribution is 0.0513. The highest BCUT2D eigenvalue weighted by atomic mass is 16.5. The number of hydrogen-bond acceptors (Lipinski definition) is 4. The molecule has 0 bridgehead atoms. The lowest BCUT2D eigenvalue weighted by Gasteiger charge is -2.07. The van der Waals surface area contributed by atoms with E-state index in [-0.39, 0.29) is 6.61 Å². The number of rotatable bonds is 4. The second-order valence-corrected chi connectivity index (χ2v) is 2.62. The summed E-state index contributed by atoms with van der Waals surface area (Å²) in [5, 5.41) is 0. The number of ether oxygens (including phenoxy) is 2. The molecular weight excluding hydrogens is 182 g/mol. The van der Waals surface area contributed by atoms with Gasteiger partial charge in [0.1, 0.15) is 17.9 Å². The summed E-state index contributed by atoms with van der Waals surface area (Å²) in [6, 6.07) is 6.90. The van der Waals surface area contributed by atoms with Crippen LogP contribution in [0, 0.1) is 0 Å². The quantitative estimate of drug-likeness (QED) is 0.722. The fraction of sp³-hybridized carbons (Fsp3) is 0.300. The third-order valence-electron chi connectivity index (χ3n) is 1.68. The Kier molecular flexibility index (Phi) is 3.94. The zero-order valence-corrected chi connectivity index (χ0v) is 8.03. The third kappa shape index (κ3) is 2.47. The van der Waals surface area contributed by atoms with E-state index in [1.54, 1.807) is 24.3 Å². The fourth-order valence-electron chi connectivity index (χ4n) is 1.04. The van der Waals surface area contributed by atoms with Gasteiger partial charge in [-0.3, -0.25) is 0 Å². The summed E-state index contributed by atoms with van der Waals surface area (Å²) in [6.07, 6.45) is 0. The number of carbonyl (C=O) groups excluding carboxylic acids is 1. The molecule has 0 saturated heterocycles. The van der Waals surface area contributed by atoms with Gasteiger partial charge in [-0.1, -0.05) is 12.1 Å². The molecule has 4 nitrogen and oxygen atoms in total. The molecule has 1 aromatic carbocycles. The van der Waals surface area contributed by atoms with Crippen LogP contribution in [-0.2, 0) is 4.74 Å². The number of hydrogen-bond donors (Lipinski definition) is 1. The summed E-state index contributed by atoms with van der Waals surface area (Å²) in [6.45, 7) is 0.539. The molecule has 1 aromatic rings. The van der Waals surface area contributed by atoms with Crippen LogP contribution in [0.1, 0.15) is 10.4 Å². The van der Waals surface area contributed by atoms with Gasteiger partial charge in [0, 0.05) is 6.54 Å².